The molecule has 2 aliphatic rings. The Hall–Kier alpha value is -0.120. The van der Waals surface area contributed by atoms with Gasteiger partial charge in [0.05, 0.1) is 18.3 Å². The molecular weight excluding hydrogens is 226 g/mol. The van der Waals surface area contributed by atoms with Gasteiger partial charge in [-0.2, -0.15) is 0 Å². The van der Waals surface area contributed by atoms with Gasteiger partial charge in [0.2, 0.25) is 0 Å². The second-order valence-electron chi connectivity index (χ2n) is 5.85. The molecule has 0 aromatic heterocycles. The molecule has 18 heavy (non-hydrogen) atoms. The van der Waals surface area contributed by atoms with Crippen LogP contribution in [0.2, 0.25) is 0 Å². The predicted octanol–water partition coefficient (Wildman–Crippen LogP) is 2.88. The van der Waals surface area contributed by atoms with Crippen LogP contribution in [0.5, 0.6) is 0 Å². The first-order valence-corrected chi connectivity index (χ1v) is 7.82. The molecule has 2 atom stereocenters. The van der Waals surface area contributed by atoms with Crippen LogP contribution in [0.1, 0.15) is 58.3 Å². The molecule has 1 saturated carbocycles. The Balaban J connectivity index is 1.54. The lowest BCUT2D eigenvalue weighted by Gasteiger charge is -2.22. The van der Waals surface area contributed by atoms with Crippen LogP contribution in [-0.2, 0) is 9.47 Å². The third-order valence-corrected chi connectivity index (χ3v) is 4.05. The lowest BCUT2D eigenvalue weighted by molar-refractivity contribution is -0.0101. The van der Waals surface area contributed by atoms with E-state index in [-0.39, 0.29) is 0 Å². The molecule has 0 aromatic rings. The minimum atomic E-state index is 0.328. The van der Waals surface area contributed by atoms with E-state index in [4.69, 9.17) is 9.47 Å². The summed E-state index contributed by atoms with van der Waals surface area (Å²) in [6, 6.07) is 0. The van der Waals surface area contributed by atoms with Crippen molar-refractivity contribution in [1.29, 1.82) is 0 Å². The number of hydrogen-bond donors (Lipinski definition) is 1. The Bertz CT molecular complexity index is 209. The van der Waals surface area contributed by atoms with Gasteiger partial charge in [0.15, 0.2) is 0 Å². The third kappa shape index (κ3) is 5.25. The van der Waals surface area contributed by atoms with Crippen molar-refractivity contribution in [2.24, 2.45) is 0 Å². The molecule has 2 fully saturated rings. The lowest BCUT2D eigenvalue weighted by atomic mass is 10.1. The molecule has 2 unspecified atom stereocenters. The average molecular weight is 255 g/mol. The number of hydrogen-bond acceptors (Lipinski definition) is 3. The van der Waals surface area contributed by atoms with Crippen LogP contribution in [0.15, 0.2) is 0 Å². The van der Waals surface area contributed by atoms with E-state index >= 15 is 0 Å². The van der Waals surface area contributed by atoms with Crippen LogP contribution in [-0.4, -0.2) is 38.0 Å². The van der Waals surface area contributed by atoms with E-state index in [2.05, 4.69) is 12.2 Å². The Labute approximate surface area is 112 Å². The van der Waals surface area contributed by atoms with Gasteiger partial charge < -0.3 is 14.8 Å². The topological polar surface area (TPSA) is 30.5 Å². The lowest BCUT2D eigenvalue weighted by Crippen LogP contribution is -2.34. The van der Waals surface area contributed by atoms with Crippen molar-refractivity contribution in [3.05, 3.63) is 0 Å². The molecule has 2 rings (SSSR count). The summed E-state index contributed by atoms with van der Waals surface area (Å²) in [4.78, 5) is 0. The van der Waals surface area contributed by atoms with Gasteiger partial charge in [-0.1, -0.05) is 25.7 Å². The van der Waals surface area contributed by atoms with Gasteiger partial charge in [-0.05, 0) is 32.6 Å². The third-order valence-electron chi connectivity index (χ3n) is 4.05. The van der Waals surface area contributed by atoms with Crippen LogP contribution in [0.25, 0.3) is 0 Å². The molecule has 1 saturated heterocycles. The molecule has 1 aliphatic carbocycles. The van der Waals surface area contributed by atoms with E-state index in [0.29, 0.717) is 18.3 Å². The maximum atomic E-state index is 6.13. The zero-order valence-corrected chi connectivity index (χ0v) is 11.8. The summed E-state index contributed by atoms with van der Waals surface area (Å²) in [5.41, 5.74) is 0. The van der Waals surface area contributed by atoms with Gasteiger partial charge in [-0.25, -0.2) is 0 Å². The fourth-order valence-corrected chi connectivity index (χ4v) is 3.01. The first kappa shape index (κ1) is 14.3. The van der Waals surface area contributed by atoms with E-state index in [1.54, 1.807) is 0 Å². The number of ether oxygens (including phenoxy) is 2. The molecule has 106 valence electrons. The molecule has 1 aliphatic heterocycles. The average Bonchev–Trinajstić information content (AvgIpc) is 2.74. The van der Waals surface area contributed by atoms with Crippen molar-refractivity contribution >= 4 is 0 Å². The van der Waals surface area contributed by atoms with Crippen molar-refractivity contribution < 1.29 is 9.47 Å². The molecule has 0 aromatic carbocycles. The minimum Gasteiger partial charge on any atom is -0.377 e. The molecule has 3 nitrogen and oxygen atoms in total. The van der Waals surface area contributed by atoms with E-state index < -0.39 is 0 Å². The molecular formula is C15H29NO2. The van der Waals surface area contributed by atoms with Crippen molar-refractivity contribution in [1.82, 2.24) is 5.32 Å². The fraction of sp³-hybridized carbons (Fsp3) is 1.00. The Kier molecular flexibility index (Phi) is 6.46. The van der Waals surface area contributed by atoms with E-state index in [1.807, 2.05) is 0 Å². The van der Waals surface area contributed by atoms with Crippen LogP contribution < -0.4 is 5.32 Å². The van der Waals surface area contributed by atoms with Crippen molar-refractivity contribution in [2.75, 3.05) is 19.7 Å². The summed E-state index contributed by atoms with van der Waals surface area (Å²) in [6.07, 6.45) is 11.7. The van der Waals surface area contributed by atoms with Crippen LogP contribution in [0.4, 0.5) is 0 Å². The van der Waals surface area contributed by atoms with Gasteiger partial charge in [0.25, 0.3) is 0 Å². The summed E-state index contributed by atoms with van der Waals surface area (Å²) < 4.78 is 11.7. The SMILES string of the molecule is CC(CNCC1CCCO1)OC1CCCCCC1. The molecule has 1 N–H and O–H groups in total. The maximum Gasteiger partial charge on any atom is 0.0700 e. The monoisotopic (exact) mass is 255 g/mol. The van der Waals surface area contributed by atoms with Gasteiger partial charge >= 0.3 is 0 Å². The highest BCUT2D eigenvalue weighted by Crippen LogP contribution is 2.20. The standard InChI is InChI=1S/C15H29NO2/c1-13(11-16-12-15-9-6-10-17-15)18-14-7-4-2-3-5-8-14/h13-16H,2-12H2,1H3. The van der Waals surface area contributed by atoms with Gasteiger partial charge in [0, 0.05) is 19.7 Å². The highest BCUT2D eigenvalue weighted by Gasteiger charge is 2.17. The van der Waals surface area contributed by atoms with E-state index in [1.165, 1.54) is 51.4 Å². The molecule has 0 amide bonds. The molecule has 0 bridgehead atoms. The van der Waals surface area contributed by atoms with E-state index in [0.717, 1.165) is 19.7 Å². The minimum absolute atomic E-state index is 0.328. The summed E-state index contributed by atoms with van der Waals surface area (Å²) in [5.74, 6) is 0. The maximum absolute atomic E-state index is 6.13. The summed E-state index contributed by atoms with van der Waals surface area (Å²) in [5, 5.41) is 3.48. The second-order valence-corrected chi connectivity index (χ2v) is 5.85. The highest BCUT2D eigenvalue weighted by molar-refractivity contribution is 4.70. The normalized spacial score (nSPS) is 28.2. The quantitative estimate of drug-likeness (QED) is 0.740. The summed E-state index contributed by atoms with van der Waals surface area (Å²) in [6.45, 7) is 5.07. The van der Waals surface area contributed by atoms with Crippen LogP contribution in [0, 0.1) is 0 Å². The Morgan fingerprint density at radius 2 is 1.89 bits per heavy atom. The van der Waals surface area contributed by atoms with Crippen LogP contribution >= 0.6 is 0 Å². The van der Waals surface area contributed by atoms with E-state index in [9.17, 15) is 0 Å². The first-order valence-electron chi connectivity index (χ1n) is 7.82. The summed E-state index contributed by atoms with van der Waals surface area (Å²) in [7, 11) is 0. The van der Waals surface area contributed by atoms with Gasteiger partial charge in [0.1, 0.15) is 0 Å². The fourth-order valence-electron chi connectivity index (χ4n) is 3.01. The van der Waals surface area contributed by atoms with Crippen molar-refractivity contribution in [3.63, 3.8) is 0 Å². The zero-order chi connectivity index (χ0) is 12.6. The Morgan fingerprint density at radius 1 is 1.11 bits per heavy atom. The van der Waals surface area contributed by atoms with Crippen LogP contribution in [0.3, 0.4) is 0 Å². The summed E-state index contributed by atoms with van der Waals surface area (Å²) >= 11 is 0. The molecule has 0 radical (unpaired) electrons. The number of nitrogens with one attached hydrogen (secondary N) is 1. The zero-order valence-electron chi connectivity index (χ0n) is 11.8. The van der Waals surface area contributed by atoms with Gasteiger partial charge in [-0.3, -0.25) is 0 Å². The smallest absolute Gasteiger partial charge is 0.0700 e. The van der Waals surface area contributed by atoms with Crippen molar-refractivity contribution in [2.45, 2.75) is 76.6 Å². The molecule has 0 spiro atoms. The molecule has 3 heteroatoms. The Morgan fingerprint density at radius 3 is 2.56 bits per heavy atom. The highest BCUT2D eigenvalue weighted by atomic mass is 16.5. The van der Waals surface area contributed by atoms with Crippen molar-refractivity contribution in [3.8, 4) is 0 Å². The largest absolute Gasteiger partial charge is 0.377 e. The second kappa shape index (κ2) is 8.13. The van der Waals surface area contributed by atoms with Gasteiger partial charge in [-0.15, -0.1) is 0 Å². The predicted molar refractivity (Wildman–Crippen MR) is 73.9 cm³/mol. The number of rotatable bonds is 6. The molecule has 1 heterocycles. The first-order chi connectivity index (χ1) is 8.84.